The van der Waals surface area contributed by atoms with Crippen molar-refractivity contribution in [2.24, 2.45) is 5.73 Å². The molecule has 13 nitrogen and oxygen atoms in total. The van der Waals surface area contributed by atoms with Crippen LogP contribution in [0.5, 0.6) is 0 Å². The molecule has 0 aromatic rings. The lowest BCUT2D eigenvalue weighted by atomic mass is 10.1. The summed E-state index contributed by atoms with van der Waals surface area (Å²) < 4.78 is 0. The zero-order chi connectivity index (χ0) is 22.1. The lowest BCUT2D eigenvalue weighted by Gasteiger charge is -2.25. The summed E-state index contributed by atoms with van der Waals surface area (Å²) in [4.78, 5) is 59.1. The minimum atomic E-state index is -1.66. The maximum absolute atomic E-state index is 12.5. The molecular weight excluding hydrogens is 390 g/mol. The summed E-state index contributed by atoms with van der Waals surface area (Å²) in [5.41, 5.74) is 5.07. The molecule has 5 unspecified atom stereocenters. The fourth-order valence-electron chi connectivity index (χ4n) is 2.70. The monoisotopic (exact) mass is 417 g/mol. The molecule has 13 heteroatoms. The molecule has 1 rings (SSSR count). The van der Waals surface area contributed by atoms with Crippen molar-refractivity contribution < 1.29 is 39.3 Å². The van der Waals surface area contributed by atoms with E-state index in [1.165, 1.54) is 6.92 Å². The molecule has 164 valence electrons. The molecule has 0 bridgehead atoms. The van der Waals surface area contributed by atoms with Crippen LogP contribution in [0.2, 0.25) is 0 Å². The number of aliphatic carboxylic acids is 1. The number of amides is 4. The largest absolute Gasteiger partial charge is 0.480 e. The van der Waals surface area contributed by atoms with Gasteiger partial charge in [-0.1, -0.05) is 0 Å². The predicted octanol–water partition coefficient (Wildman–Crippen LogP) is -4.47. The van der Waals surface area contributed by atoms with Gasteiger partial charge in [0.1, 0.15) is 18.1 Å². The number of nitrogens with one attached hydrogen (secondary N) is 4. The van der Waals surface area contributed by atoms with Crippen molar-refractivity contribution >= 4 is 29.6 Å². The molecule has 0 aromatic heterocycles. The van der Waals surface area contributed by atoms with Gasteiger partial charge in [-0.05, 0) is 26.3 Å². The van der Waals surface area contributed by atoms with Crippen LogP contribution in [0, 0.1) is 0 Å². The highest BCUT2D eigenvalue weighted by Gasteiger charge is 2.33. The molecule has 1 heterocycles. The number of carbonyl (C=O) groups excluding carboxylic acids is 4. The SMILES string of the molecule is CC(O)C(NC(=O)C1CCCN1)C(=O)NC(CC(N)=O)C(=O)NC(CO)C(=O)O. The highest BCUT2D eigenvalue weighted by atomic mass is 16.4. The lowest BCUT2D eigenvalue weighted by Crippen LogP contribution is -2.60. The molecule has 1 aliphatic heterocycles. The van der Waals surface area contributed by atoms with E-state index in [-0.39, 0.29) is 0 Å². The first-order chi connectivity index (χ1) is 13.6. The van der Waals surface area contributed by atoms with Crippen LogP contribution in [-0.4, -0.2) is 88.3 Å². The molecule has 9 N–H and O–H groups in total. The summed E-state index contributed by atoms with van der Waals surface area (Å²) in [5.74, 6) is -5.04. The van der Waals surface area contributed by atoms with Crippen LogP contribution in [0.25, 0.3) is 0 Å². The normalized spacial score (nSPS) is 20.0. The summed E-state index contributed by atoms with van der Waals surface area (Å²) in [6.45, 7) is 0.973. The fourth-order valence-corrected chi connectivity index (χ4v) is 2.70. The van der Waals surface area contributed by atoms with Gasteiger partial charge in [-0.15, -0.1) is 0 Å². The van der Waals surface area contributed by atoms with Crippen LogP contribution < -0.4 is 27.0 Å². The quantitative estimate of drug-likeness (QED) is 0.162. The van der Waals surface area contributed by atoms with E-state index in [1.54, 1.807) is 0 Å². The number of hydrogen-bond acceptors (Lipinski definition) is 8. The first-order valence-corrected chi connectivity index (χ1v) is 9.01. The van der Waals surface area contributed by atoms with Gasteiger partial charge in [-0.25, -0.2) is 4.79 Å². The summed E-state index contributed by atoms with van der Waals surface area (Å²) in [6, 6.07) is -5.18. The smallest absolute Gasteiger partial charge is 0.328 e. The van der Waals surface area contributed by atoms with Gasteiger partial charge >= 0.3 is 5.97 Å². The third-order valence-electron chi connectivity index (χ3n) is 4.27. The van der Waals surface area contributed by atoms with Crippen LogP contribution in [-0.2, 0) is 24.0 Å². The molecule has 5 atom stereocenters. The topological polar surface area (TPSA) is 220 Å². The highest BCUT2D eigenvalue weighted by molar-refractivity contribution is 5.96. The Balaban J connectivity index is 2.86. The van der Waals surface area contributed by atoms with Crippen molar-refractivity contribution in [3.8, 4) is 0 Å². The van der Waals surface area contributed by atoms with E-state index < -0.39 is 72.9 Å². The molecule has 1 saturated heterocycles. The average molecular weight is 417 g/mol. The minimum Gasteiger partial charge on any atom is -0.480 e. The summed E-state index contributed by atoms with van der Waals surface area (Å²) >= 11 is 0. The van der Waals surface area contributed by atoms with Gasteiger partial charge in [0.2, 0.25) is 23.6 Å². The van der Waals surface area contributed by atoms with E-state index in [9.17, 15) is 29.1 Å². The zero-order valence-electron chi connectivity index (χ0n) is 15.9. The highest BCUT2D eigenvalue weighted by Crippen LogP contribution is 2.06. The molecule has 0 spiro atoms. The summed E-state index contributed by atoms with van der Waals surface area (Å²) in [7, 11) is 0. The second kappa shape index (κ2) is 11.3. The van der Waals surface area contributed by atoms with Crippen molar-refractivity contribution in [1.29, 1.82) is 0 Å². The van der Waals surface area contributed by atoms with E-state index in [4.69, 9.17) is 15.9 Å². The van der Waals surface area contributed by atoms with Gasteiger partial charge in [0.15, 0.2) is 0 Å². The van der Waals surface area contributed by atoms with Gasteiger partial charge < -0.3 is 42.3 Å². The first-order valence-electron chi connectivity index (χ1n) is 9.01. The maximum Gasteiger partial charge on any atom is 0.328 e. The Morgan fingerprint density at radius 3 is 2.17 bits per heavy atom. The van der Waals surface area contributed by atoms with Crippen LogP contribution in [0.15, 0.2) is 0 Å². The Hall–Kier alpha value is -2.77. The first kappa shape index (κ1) is 24.3. The van der Waals surface area contributed by atoms with Crippen LogP contribution in [0.3, 0.4) is 0 Å². The van der Waals surface area contributed by atoms with E-state index in [0.29, 0.717) is 13.0 Å². The zero-order valence-corrected chi connectivity index (χ0v) is 15.9. The van der Waals surface area contributed by atoms with E-state index >= 15 is 0 Å². The van der Waals surface area contributed by atoms with Gasteiger partial charge in [-0.2, -0.15) is 0 Å². The number of carboxylic acids is 1. The van der Waals surface area contributed by atoms with E-state index in [2.05, 4.69) is 16.0 Å². The van der Waals surface area contributed by atoms with Crippen LogP contribution >= 0.6 is 0 Å². The molecular formula is C16H27N5O8. The van der Waals surface area contributed by atoms with E-state index in [1.807, 2.05) is 5.32 Å². The lowest BCUT2D eigenvalue weighted by molar-refractivity contribution is -0.143. The fraction of sp³-hybridized carbons (Fsp3) is 0.688. The maximum atomic E-state index is 12.5. The summed E-state index contributed by atoms with van der Waals surface area (Å²) in [5, 5.41) is 37.2. The number of rotatable bonds is 11. The second-order valence-corrected chi connectivity index (χ2v) is 6.69. The van der Waals surface area contributed by atoms with Crippen molar-refractivity contribution in [2.45, 2.75) is 56.5 Å². The number of primary amides is 1. The Morgan fingerprint density at radius 2 is 1.72 bits per heavy atom. The van der Waals surface area contributed by atoms with Gasteiger partial charge in [-0.3, -0.25) is 19.2 Å². The Kier molecular flexibility index (Phi) is 9.44. The van der Waals surface area contributed by atoms with Gasteiger partial charge in [0.25, 0.3) is 0 Å². The standard InChI is InChI=1S/C16H27N5O8/c1-7(23)12(21-13(25)8-3-2-4-18-8)15(27)19-9(5-11(17)24)14(26)20-10(6-22)16(28)29/h7-10,12,18,22-23H,2-6H2,1H3,(H2,17,24)(H,19,27)(H,20,26)(H,21,25)(H,28,29). The second-order valence-electron chi connectivity index (χ2n) is 6.69. The van der Waals surface area contributed by atoms with Crippen LogP contribution in [0.1, 0.15) is 26.2 Å². The third kappa shape index (κ3) is 7.63. The van der Waals surface area contributed by atoms with Crippen LogP contribution in [0.4, 0.5) is 0 Å². The Labute approximate surface area is 166 Å². The number of aliphatic hydroxyl groups excluding tert-OH is 2. The molecule has 1 aliphatic rings. The minimum absolute atomic E-state index is 0.509. The Bertz CT molecular complexity index is 635. The number of hydrogen-bond donors (Lipinski definition) is 8. The van der Waals surface area contributed by atoms with E-state index in [0.717, 1.165) is 6.42 Å². The molecule has 4 amide bonds. The van der Waals surface area contributed by atoms with Crippen molar-refractivity contribution in [1.82, 2.24) is 21.3 Å². The molecule has 0 radical (unpaired) electrons. The number of carboxylic acid groups (broad SMARTS) is 1. The molecule has 1 fully saturated rings. The predicted molar refractivity (Wildman–Crippen MR) is 97.0 cm³/mol. The van der Waals surface area contributed by atoms with Crippen molar-refractivity contribution in [3.63, 3.8) is 0 Å². The number of aliphatic hydroxyl groups is 2. The number of carbonyl (C=O) groups is 5. The van der Waals surface area contributed by atoms with Crippen molar-refractivity contribution in [3.05, 3.63) is 0 Å². The third-order valence-corrected chi connectivity index (χ3v) is 4.27. The van der Waals surface area contributed by atoms with Gasteiger partial charge in [0.05, 0.1) is 25.2 Å². The summed E-state index contributed by atoms with van der Waals surface area (Å²) in [6.07, 6.45) is -0.660. The number of nitrogens with two attached hydrogens (primary N) is 1. The molecule has 0 aromatic carbocycles. The average Bonchev–Trinajstić information content (AvgIpc) is 3.16. The molecule has 0 aliphatic carbocycles. The molecule has 0 saturated carbocycles. The Morgan fingerprint density at radius 1 is 1.10 bits per heavy atom. The van der Waals surface area contributed by atoms with Crippen molar-refractivity contribution in [2.75, 3.05) is 13.2 Å². The van der Waals surface area contributed by atoms with Gasteiger partial charge in [0, 0.05) is 0 Å². The molecule has 29 heavy (non-hydrogen) atoms.